The highest BCUT2D eigenvalue weighted by Crippen LogP contribution is 2.40. The van der Waals surface area contributed by atoms with Crippen LogP contribution in [-0.2, 0) is 11.8 Å². The van der Waals surface area contributed by atoms with Crippen LogP contribution in [-0.4, -0.2) is 59.7 Å². The molecule has 0 spiro atoms. The number of rotatable bonds is 8. The van der Waals surface area contributed by atoms with E-state index in [1.54, 1.807) is 36.2 Å². The molecule has 1 saturated heterocycles. The van der Waals surface area contributed by atoms with Crippen LogP contribution in [0.5, 0.6) is 5.75 Å². The minimum absolute atomic E-state index is 0.0335. The van der Waals surface area contributed by atoms with Gasteiger partial charge in [-0.15, -0.1) is 0 Å². The first kappa shape index (κ1) is 27.5. The van der Waals surface area contributed by atoms with Gasteiger partial charge in [-0.3, -0.25) is 9.59 Å². The molecule has 1 aliphatic rings. The number of likely N-dealkylation sites (N-methyl/N-ethyl adjacent to an activating group) is 1. The van der Waals surface area contributed by atoms with Gasteiger partial charge >= 0.3 is 0 Å². The third-order valence-electron chi connectivity index (χ3n) is 6.76. The minimum Gasteiger partial charge on any atom is -0.478 e. The lowest BCUT2D eigenvalue weighted by molar-refractivity contribution is -0.122. The Kier molecular flexibility index (Phi) is 8.02. The van der Waals surface area contributed by atoms with E-state index in [9.17, 15) is 18.4 Å². The molecule has 0 aliphatic carbocycles. The van der Waals surface area contributed by atoms with Crippen molar-refractivity contribution in [3.8, 4) is 5.75 Å². The van der Waals surface area contributed by atoms with Gasteiger partial charge in [0, 0.05) is 50.1 Å². The lowest BCUT2D eigenvalue weighted by atomic mass is 9.84. The van der Waals surface area contributed by atoms with Crippen molar-refractivity contribution >= 4 is 45.9 Å². The molecule has 10 nitrogen and oxygen atoms in total. The molecule has 1 amide bonds. The number of alkyl halides is 2. The van der Waals surface area contributed by atoms with Gasteiger partial charge in [0.15, 0.2) is 18.2 Å². The van der Waals surface area contributed by atoms with Crippen LogP contribution in [0.1, 0.15) is 13.3 Å². The van der Waals surface area contributed by atoms with Crippen molar-refractivity contribution in [3.05, 3.63) is 45.8 Å². The Balaban J connectivity index is 1.61. The van der Waals surface area contributed by atoms with Gasteiger partial charge in [0.2, 0.25) is 5.95 Å². The van der Waals surface area contributed by atoms with E-state index in [1.807, 2.05) is 0 Å². The van der Waals surface area contributed by atoms with E-state index in [0.717, 1.165) is 0 Å². The number of nitrogens with zero attached hydrogens (tertiary/aromatic N) is 4. The molecule has 38 heavy (non-hydrogen) atoms. The average molecular weight is 550 g/mol. The number of hydrogen-bond donors (Lipinski definition) is 3. The van der Waals surface area contributed by atoms with Gasteiger partial charge in [0.05, 0.1) is 11.7 Å². The molecule has 0 bridgehead atoms. The number of benzene rings is 1. The highest BCUT2D eigenvalue weighted by atomic mass is 35.5. The standard InChI is InChI=1S/C25H30ClF2N7O3/c1-14-11-35(12-16(6-7-29)25(14,27)28)24-31-10-18(26)22(33-24)32-17-4-5-19-15(8-17)9-20(23(37)34(19)3)38-13-21(36)30-2/h4-5,8-10,14,16H,6-7,11-13,29H2,1-3H3,(H,30,36)(H,31,32,33)/t14-,16+/m0/s1. The van der Waals surface area contributed by atoms with Crippen LogP contribution in [0.25, 0.3) is 10.9 Å². The van der Waals surface area contributed by atoms with E-state index in [4.69, 9.17) is 22.1 Å². The van der Waals surface area contributed by atoms with Crippen LogP contribution in [0.2, 0.25) is 5.02 Å². The summed E-state index contributed by atoms with van der Waals surface area (Å²) in [6, 6.07) is 6.85. The zero-order valence-electron chi connectivity index (χ0n) is 21.3. The first-order valence-corrected chi connectivity index (χ1v) is 12.5. The van der Waals surface area contributed by atoms with E-state index < -0.39 is 17.8 Å². The van der Waals surface area contributed by atoms with Crippen molar-refractivity contribution in [3.63, 3.8) is 0 Å². The van der Waals surface area contributed by atoms with Gasteiger partial charge in [0.1, 0.15) is 5.02 Å². The second-order valence-electron chi connectivity index (χ2n) is 9.35. The number of piperidine rings is 1. The van der Waals surface area contributed by atoms with Crippen molar-refractivity contribution in [2.45, 2.75) is 19.3 Å². The third-order valence-corrected chi connectivity index (χ3v) is 7.03. The van der Waals surface area contributed by atoms with Crippen molar-refractivity contribution < 1.29 is 18.3 Å². The number of ether oxygens (including phenoxy) is 1. The quantitative estimate of drug-likeness (QED) is 0.391. The summed E-state index contributed by atoms with van der Waals surface area (Å²) < 4.78 is 36.2. The van der Waals surface area contributed by atoms with Crippen molar-refractivity contribution in [2.24, 2.45) is 24.6 Å². The van der Waals surface area contributed by atoms with E-state index in [2.05, 4.69) is 20.6 Å². The molecule has 4 rings (SSSR count). The van der Waals surface area contributed by atoms with Crippen LogP contribution in [0, 0.1) is 11.8 Å². The summed E-state index contributed by atoms with van der Waals surface area (Å²) in [6.45, 7) is 1.57. The fourth-order valence-electron chi connectivity index (χ4n) is 4.55. The lowest BCUT2D eigenvalue weighted by Gasteiger charge is -2.42. The molecule has 0 radical (unpaired) electrons. The van der Waals surface area contributed by atoms with Crippen molar-refractivity contribution in [2.75, 3.05) is 43.5 Å². The SMILES string of the molecule is CNC(=O)COc1cc2cc(Nc3nc(N4C[C@@H](CCN)C(F)(F)[C@@H](C)C4)ncc3Cl)ccc2n(C)c1=O. The largest absolute Gasteiger partial charge is 0.478 e. The van der Waals surface area contributed by atoms with E-state index in [0.29, 0.717) is 22.4 Å². The predicted octanol–water partition coefficient (Wildman–Crippen LogP) is 2.91. The summed E-state index contributed by atoms with van der Waals surface area (Å²) in [5.74, 6) is -4.36. The number of anilines is 3. The van der Waals surface area contributed by atoms with Gasteiger partial charge in [-0.1, -0.05) is 18.5 Å². The molecule has 3 aromatic rings. The van der Waals surface area contributed by atoms with E-state index in [-0.39, 0.29) is 60.8 Å². The zero-order valence-corrected chi connectivity index (χ0v) is 22.1. The van der Waals surface area contributed by atoms with Crippen LogP contribution >= 0.6 is 11.6 Å². The molecule has 4 N–H and O–H groups in total. The number of aryl methyl sites for hydroxylation is 1. The van der Waals surface area contributed by atoms with Gasteiger partial charge in [-0.2, -0.15) is 4.98 Å². The Morgan fingerprint density at radius 1 is 1.32 bits per heavy atom. The first-order valence-electron chi connectivity index (χ1n) is 12.1. The van der Waals surface area contributed by atoms with Crippen molar-refractivity contribution in [1.29, 1.82) is 0 Å². The number of hydrogen-bond acceptors (Lipinski definition) is 8. The van der Waals surface area contributed by atoms with Crippen LogP contribution in [0.4, 0.5) is 26.2 Å². The molecule has 1 aliphatic heterocycles. The average Bonchev–Trinajstić information content (AvgIpc) is 2.89. The summed E-state index contributed by atoms with van der Waals surface area (Å²) in [5.41, 5.74) is 6.47. The topological polar surface area (TPSA) is 127 Å². The highest BCUT2D eigenvalue weighted by molar-refractivity contribution is 6.32. The maximum atomic E-state index is 14.7. The van der Waals surface area contributed by atoms with Gasteiger partial charge < -0.3 is 30.6 Å². The Labute approximate surface area is 223 Å². The molecule has 1 aromatic carbocycles. The fourth-order valence-corrected chi connectivity index (χ4v) is 4.69. The summed E-state index contributed by atoms with van der Waals surface area (Å²) in [6.07, 6.45) is 1.62. The third kappa shape index (κ3) is 5.51. The molecular weight excluding hydrogens is 520 g/mol. The minimum atomic E-state index is -2.82. The molecule has 0 unspecified atom stereocenters. The predicted molar refractivity (Wildman–Crippen MR) is 143 cm³/mol. The maximum Gasteiger partial charge on any atom is 0.293 e. The number of nitrogens with one attached hydrogen (secondary N) is 2. The molecule has 0 saturated carbocycles. The fraction of sp³-hybridized carbons (Fsp3) is 0.440. The van der Waals surface area contributed by atoms with Crippen LogP contribution in [0.15, 0.2) is 35.3 Å². The number of pyridine rings is 1. The Morgan fingerprint density at radius 2 is 2.08 bits per heavy atom. The van der Waals surface area contributed by atoms with Gasteiger partial charge in [-0.25, -0.2) is 13.8 Å². The first-order chi connectivity index (χ1) is 18.0. The molecule has 13 heteroatoms. The normalized spacial score (nSPS) is 18.9. The molecular formula is C25H30ClF2N7O3. The molecule has 1 fully saturated rings. The number of carbonyl (C=O) groups excluding carboxylic acids is 1. The number of halogens is 3. The summed E-state index contributed by atoms with van der Waals surface area (Å²) >= 11 is 6.37. The molecule has 2 atom stereocenters. The lowest BCUT2D eigenvalue weighted by Crippen LogP contribution is -2.53. The molecule has 3 heterocycles. The van der Waals surface area contributed by atoms with Gasteiger partial charge in [-0.05, 0) is 37.2 Å². The summed E-state index contributed by atoms with van der Waals surface area (Å²) in [7, 11) is 3.09. The number of aromatic nitrogens is 3. The summed E-state index contributed by atoms with van der Waals surface area (Å²) in [4.78, 5) is 34.7. The molecule has 2 aromatic heterocycles. The number of nitrogens with two attached hydrogens (primary N) is 1. The second-order valence-corrected chi connectivity index (χ2v) is 9.76. The number of amides is 1. The number of carbonyl (C=O) groups is 1. The van der Waals surface area contributed by atoms with Crippen molar-refractivity contribution in [1.82, 2.24) is 19.9 Å². The van der Waals surface area contributed by atoms with E-state index >= 15 is 0 Å². The maximum absolute atomic E-state index is 14.7. The van der Waals surface area contributed by atoms with Gasteiger partial charge in [0.25, 0.3) is 17.4 Å². The Hall–Kier alpha value is -3.51. The molecule has 204 valence electrons. The number of fused-ring (bicyclic) bond motifs is 1. The monoisotopic (exact) mass is 549 g/mol. The second kappa shape index (κ2) is 11.1. The zero-order chi connectivity index (χ0) is 27.6. The Bertz CT molecular complexity index is 1400. The highest BCUT2D eigenvalue weighted by Gasteiger charge is 2.49. The summed E-state index contributed by atoms with van der Waals surface area (Å²) in [5, 5.41) is 6.51. The van der Waals surface area contributed by atoms with Crippen LogP contribution < -0.4 is 31.6 Å². The van der Waals surface area contributed by atoms with E-state index in [1.165, 1.54) is 24.7 Å². The smallest absolute Gasteiger partial charge is 0.293 e. The van der Waals surface area contributed by atoms with Crippen LogP contribution in [0.3, 0.4) is 0 Å². The Morgan fingerprint density at radius 3 is 2.79 bits per heavy atom.